The van der Waals surface area contributed by atoms with Gasteiger partial charge in [-0.2, -0.15) is 0 Å². The average Bonchev–Trinajstić information content (AvgIpc) is 2.50. The van der Waals surface area contributed by atoms with Crippen molar-refractivity contribution in [3.05, 3.63) is 48.0 Å². The molecule has 0 aromatic heterocycles. The van der Waals surface area contributed by atoms with Gasteiger partial charge in [-0.05, 0) is 49.4 Å². The number of ether oxygens (including phenoxy) is 2. The lowest BCUT2D eigenvalue weighted by molar-refractivity contribution is 0.0527. The molecule has 21 heavy (non-hydrogen) atoms. The minimum atomic E-state index is -0.419. The van der Waals surface area contributed by atoms with E-state index in [1.807, 2.05) is 0 Å². The molecular weight excluding hydrogens is 270 g/mol. The van der Waals surface area contributed by atoms with Crippen molar-refractivity contribution >= 4 is 17.3 Å². The molecule has 0 amide bonds. The van der Waals surface area contributed by atoms with E-state index in [2.05, 4.69) is 5.32 Å². The van der Waals surface area contributed by atoms with Gasteiger partial charge in [0, 0.05) is 5.69 Å². The highest BCUT2D eigenvalue weighted by molar-refractivity contribution is 5.97. The van der Waals surface area contributed by atoms with Gasteiger partial charge in [-0.1, -0.05) is 0 Å². The number of esters is 1. The fourth-order valence-electron chi connectivity index (χ4n) is 1.84. The Kier molecular flexibility index (Phi) is 4.66. The molecule has 5 nitrogen and oxygen atoms in total. The number of benzene rings is 2. The topological polar surface area (TPSA) is 67.8 Å². The number of phenols is 1. The Morgan fingerprint density at radius 3 is 2.52 bits per heavy atom. The van der Waals surface area contributed by atoms with Gasteiger partial charge >= 0.3 is 5.97 Å². The third-order valence-corrected chi connectivity index (χ3v) is 2.87. The second-order valence-electron chi connectivity index (χ2n) is 4.30. The van der Waals surface area contributed by atoms with Crippen LogP contribution >= 0.6 is 0 Å². The molecule has 0 aliphatic heterocycles. The number of phenolic OH excluding ortho intramolecular Hbond substituents is 1. The Balaban J connectivity index is 2.33. The summed E-state index contributed by atoms with van der Waals surface area (Å²) in [5.41, 5.74) is 1.76. The van der Waals surface area contributed by atoms with Crippen LogP contribution in [0.3, 0.4) is 0 Å². The summed E-state index contributed by atoms with van der Waals surface area (Å²) in [5.74, 6) is 0.341. The number of carbonyl (C=O) groups excluding carboxylic acids is 1. The van der Waals surface area contributed by atoms with Crippen LogP contribution in [0.25, 0.3) is 0 Å². The van der Waals surface area contributed by atoms with Gasteiger partial charge in [0.05, 0.1) is 25.0 Å². The maximum atomic E-state index is 12.0. The highest BCUT2D eigenvalue weighted by Gasteiger charge is 2.14. The lowest BCUT2D eigenvalue weighted by Gasteiger charge is -2.13. The Morgan fingerprint density at radius 1 is 1.19 bits per heavy atom. The molecule has 5 heteroatoms. The number of hydrogen-bond donors (Lipinski definition) is 2. The van der Waals surface area contributed by atoms with Crippen molar-refractivity contribution in [2.45, 2.75) is 6.92 Å². The third-order valence-electron chi connectivity index (χ3n) is 2.87. The first-order valence-corrected chi connectivity index (χ1v) is 6.55. The van der Waals surface area contributed by atoms with E-state index in [0.29, 0.717) is 23.6 Å². The molecule has 0 fully saturated rings. The van der Waals surface area contributed by atoms with Crippen LogP contribution in [-0.4, -0.2) is 24.8 Å². The van der Waals surface area contributed by atoms with Crippen molar-refractivity contribution in [3.63, 3.8) is 0 Å². The van der Waals surface area contributed by atoms with Gasteiger partial charge in [0.15, 0.2) is 0 Å². The second-order valence-corrected chi connectivity index (χ2v) is 4.30. The highest BCUT2D eigenvalue weighted by atomic mass is 16.5. The van der Waals surface area contributed by atoms with Crippen molar-refractivity contribution in [1.29, 1.82) is 0 Å². The van der Waals surface area contributed by atoms with Crippen molar-refractivity contribution in [2.24, 2.45) is 0 Å². The maximum Gasteiger partial charge on any atom is 0.340 e. The quantitative estimate of drug-likeness (QED) is 0.652. The van der Waals surface area contributed by atoms with Crippen LogP contribution in [0, 0.1) is 0 Å². The highest BCUT2D eigenvalue weighted by Crippen LogP contribution is 2.26. The zero-order valence-electron chi connectivity index (χ0n) is 11.9. The fraction of sp³-hybridized carbons (Fsp3) is 0.188. The summed E-state index contributed by atoms with van der Waals surface area (Å²) in [6.07, 6.45) is 0. The normalized spacial score (nSPS) is 10.0. The number of hydrogen-bond acceptors (Lipinski definition) is 5. The van der Waals surface area contributed by atoms with E-state index in [9.17, 15) is 9.90 Å². The number of carbonyl (C=O) groups is 1. The third kappa shape index (κ3) is 3.66. The molecule has 0 radical (unpaired) electrons. The zero-order chi connectivity index (χ0) is 15.2. The monoisotopic (exact) mass is 287 g/mol. The molecule has 0 saturated carbocycles. The summed E-state index contributed by atoms with van der Waals surface area (Å²) in [7, 11) is 1.54. The number of aromatic hydroxyl groups is 1. The molecule has 0 saturated heterocycles. The number of anilines is 2. The van der Waals surface area contributed by atoms with Crippen LogP contribution < -0.4 is 10.1 Å². The second kappa shape index (κ2) is 6.65. The van der Waals surface area contributed by atoms with Gasteiger partial charge < -0.3 is 19.9 Å². The predicted octanol–water partition coefficient (Wildman–Crippen LogP) is 3.32. The summed E-state index contributed by atoms with van der Waals surface area (Å²) in [4.78, 5) is 12.0. The molecule has 2 aromatic carbocycles. The minimum Gasteiger partial charge on any atom is -0.508 e. The summed E-state index contributed by atoms with van der Waals surface area (Å²) < 4.78 is 10.2. The van der Waals surface area contributed by atoms with Gasteiger partial charge in [0.1, 0.15) is 11.5 Å². The van der Waals surface area contributed by atoms with E-state index in [-0.39, 0.29) is 5.75 Å². The molecule has 0 aliphatic carbocycles. The van der Waals surface area contributed by atoms with Gasteiger partial charge in [-0.15, -0.1) is 0 Å². The molecule has 2 N–H and O–H groups in total. The molecule has 0 unspecified atom stereocenters. The summed E-state index contributed by atoms with van der Waals surface area (Å²) in [5, 5.41) is 12.4. The smallest absolute Gasteiger partial charge is 0.340 e. The Hall–Kier alpha value is -2.69. The van der Waals surface area contributed by atoms with E-state index in [1.54, 1.807) is 49.4 Å². The largest absolute Gasteiger partial charge is 0.508 e. The molecular formula is C16H17NO4. The van der Waals surface area contributed by atoms with Crippen molar-refractivity contribution < 1.29 is 19.4 Å². The number of methoxy groups -OCH3 is 1. The van der Waals surface area contributed by atoms with E-state index in [4.69, 9.17) is 9.47 Å². The van der Waals surface area contributed by atoms with Crippen LogP contribution in [0.5, 0.6) is 11.5 Å². The first-order valence-electron chi connectivity index (χ1n) is 6.55. The van der Waals surface area contributed by atoms with E-state index in [1.165, 1.54) is 7.11 Å². The number of nitrogens with one attached hydrogen (secondary N) is 1. The first-order chi connectivity index (χ1) is 10.1. The summed E-state index contributed by atoms with van der Waals surface area (Å²) in [6.45, 7) is 2.06. The van der Waals surface area contributed by atoms with Crippen LogP contribution in [-0.2, 0) is 4.74 Å². The molecule has 0 aliphatic rings. The van der Waals surface area contributed by atoms with Crippen LogP contribution in [0.15, 0.2) is 42.5 Å². The predicted molar refractivity (Wildman–Crippen MR) is 80.3 cm³/mol. The van der Waals surface area contributed by atoms with Gasteiger partial charge in [0.2, 0.25) is 0 Å². The van der Waals surface area contributed by atoms with Gasteiger partial charge in [0.25, 0.3) is 0 Å². The average molecular weight is 287 g/mol. The van der Waals surface area contributed by atoms with E-state index in [0.717, 1.165) is 5.69 Å². The van der Waals surface area contributed by atoms with E-state index >= 15 is 0 Å². The molecule has 0 bridgehead atoms. The lowest BCUT2D eigenvalue weighted by atomic mass is 10.1. The van der Waals surface area contributed by atoms with Crippen molar-refractivity contribution in [1.82, 2.24) is 0 Å². The van der Waals surface area contributed by atoms with Crippen molar-refractivity contribution in [2.75, 3.05) is 19.0 Å². The summed E-state index contributed by atoms with van der Waals surface area (Å²) >= 11 is 0. The lowest BCUT2D eigenvalue weighted by Crippen LogP contribution is -2.08. The molecule has 0 atom stereocenters. The molecule has 2 rings (SSSR count). The molecule has 2 aromatic rings. The molecule has 0 spiro atoms. The zero-order valence-corrected chi connectivity index (χ0v) is 11.9. The SMILES string of the molecule is CCOC(=O)c1cc(OC)ccc1Nc1ccc(O)cc1. The molecule has 110 valence electrons. The molecule has 0 heterocycles. The van der Waals surface area contributed by atoms with Crippen LogP contribution in [0.1, 0.15) is 17.3 Å². The Morgan fingerprint density at radius 2 is 1.90 bits per heavy atom. The van der Waals surface area contributed by atoms with Crippen molar-refractivity contribution in [3.8, 4) is 11.5 Å². The van der Waals surface area contributed by atoms with Crippen LogP contribution in [0.2, 0.25) is 0 Å². The first kappa shape index (κ1) is 14.7. The van der Waals surface area contributed by atoms with E-state index < -0.39 is 5.97 Å². The Labute approximate surface area is 123 Å². The number of rotatable bonds is 5. The standard InChI is InChI=1S/C16H17NO4/c1-3-21-16(19)14-10-13(20-2)8-9-15(14)17-11-4-6-12(18)7-5-11/h4-10,17-18H,3H2,1-2H3. The van der Waals surface area contributed by atoms with Gasteiger partial charge in [-0.25, -0.2) is 4.79 Å². The maximum absolute atomic E-state index is 12.0. The van der Waals surface area contributed by atoms with Crippen LogP contribution in [0.4, 0.5) is 11.4 Å². The Bertz CT molecular complexity index is 623. The van der Waals surface area contributed by atoms with Gasteiger partial charge in [-0.3, -0.25) is 0 Å². The summed E-state index contributed by atoms with van der Waals surface area (Å²) in [6, 6.07) is 11.7. The minimum absolute atomic E-state index is 0.181. The fourth-order valence-corrected chi connectivity index (χ4v) is 1.84.